The average molecular weight is 289 g/mol. The van der Waals surface area contributed by atoms with Gasteiger partial charge in [0.05, 0.1) is 26.4 Å². The van der Waals surface area contributed by atoms with Gasteiger partial charge >= 0.3 is 0 Å². The van der Waals surface area contributed by atoms with E-state index < -0.39 is 0 Å². The molecular formula is C15H19N3O3. The quantitative estimate of drug-likeness (QED) is 0.859. The molecule has 1 atom stereocenters. The molecule has 2 aromatic rings. The number of morpholine rings is 1. The van der Waals surface area contributed by atoms with Gasteiger partial charge in [0.25, 0.3) is 0 Å². The first-order valence-electron chi connectivity index (χ1n) is 7.07. The second kappa shape index (κ2) is 6.24. The summed E-state index contributed by atoms with van der Waals surface area (Å²) in [7, 11) is 1.64. The van der Waals surface area contributed by atoms with Crippen molar-refractivity contribution in [1.29, 1.82) is 0 Å². The van der Waals surface area contributed by atoms with Gasteiger partial charge in [-0.15, -0.1) is 10.2 Å². The number of nitrogens with zero attached hydrogens (tertiary/aromatic N) is 3. The lowest BCUT2D eigenvalue weighted by molar-refractivity contribution is 0.0147. The van der Waals surface area contributed by atoms with Crippen LogP contribution >= 0.6 is 0 Å². The second-order valence-corrected chi connectivity index (χ2v) is 5.00. The van der Waals surface area contributed by atoms with E-state index >= 15 is 0 Å². The zero-order chi connectivity index (χ0) is 14.7. The maximum atomic E-state index is 5.81. The molecule has 0 N–H and O–H groups in total. The molecule has 6 nitrogen and oxygen atoms in total. The number of ether oxygens (including phenoxy) is 2. The molecule has 0 aliphatic carbocycles. The Hall–Kier alpha value is -1.92. The van der Waals surface area contributed by atoms with Crippen molar-refractivity contribution in [3.05, 3.63) is 30.2 Å². The Morgan fingerprint density at radius 1 is 1.14 bits per heavy atom. The summed E-state index contributed by atoms with van der Waals surface area (Å²) in [6.07, 6.45) is 0. The average Bonchev–Trinajstić information content (AvgIpc) is 3.05. The fraction of sp³-hybridized carbons (Fsp3) is 0.467. The molecule has 1 unspecified atom stereocenters. The highest BCUT2D eigenvalue weighted by Crippen LogP contribution is 2.25. The fourth-order valence-electron chi connectivity index (χ4n) is 2.37. The molecule has 3 rings (SSSR count). The minimum atomic E-state index is 0.105. The van der Waals surface area contributed by atoms with Crippen LogP contribution < -0.4 is 4.74 Å². The lowest BCUT2D eigenvalue weighted by atomic mass is 10.2. The highest BCUT2D eigenvalue weighted by molar-refractivity contribution is 5.53. The molecule has 2 heterocycles. The third-order valence-electron chi connectivity index (χ3n) is 3.73. The van der Waals surface area contributed by atoms with E-state index in [0.717, 1.165) is 37.6 Å². The molecule has 1 aliphatic heterocycles. The van der Waals surface area contributed by atoms with Gasteiger partial charge in [-0.1, -0.05) is 0 Å². The van der Waals surface area contributed by atoms with Gasteiger partial charge in [-0.25, -0.2) is 0 Å². The lowest BCUT2D eigenvalue weighted by Crippen LogP contribution is -2.38. The number of hydrogen-bond acceptors (Lipinski definition) is 6. The van der Waals surface area contributed by atoms with Crippen molar-refractivity contribution >= 4 is 0 Å². The Kier molecular flexibility index (Phi) is 4.17. The van der Waals surface area contributed by atoms with E-state index in [1.54, 1.807) is 7.11 Å². The Balaban J connectivity index is 1.75. The molecule has 21 heavy (non-hydrogen) atoms. The van der Waals surface area contributed by atoms with Crippen molar-refractivity contribution in [2.24, 2.45) is 0 Å². The summed E-state index contributed by atoms with van der Waals surface area (Å²) in [6.45, 7) is 5.37. The number of rotatable bonds is 4. The molecule has 1 saturated heterocycles. The Morgan fingerprint density at radius 3 is 2.52 bits per heavy atom. The van der Waals surface area contributed by atoms with Crippen molar-refractivity contribution in [3.8, 4) is 17.2 Å². The minimum absolute atomic E-state index is 0.105. The third-order valence-corrected chi connectivity index (χ3v) is 3.73. The molecule has 1 aliphatic rings. The van der Waals surface area contributed by atoms with Crippen LogP contribution in [0.4, 0.5) is 0 Å². The largest absolute Gasteiger partial charge is 0.497 e. The van der Waals surface area contributed by atoms with E-state index in [4.69, 9.17) is 13.9 Å². The van der Waals surface area contributed by atoms with Crippen molar-refractivity contribution < 1.29 is 13.9 Å². The van der Waals surface area contributed by atoms with Gasteiger partial charge in [0, 0.05) is 18.7 Å². The molecule has 1 aromatic carbocycles. The van der Waals surface area contributed by atoms with Crippen molar-refractivity contribution in [3.63, 3.8) is 0 Å². The van der Waals surface area contributed by atoms with Gasteiger partial charge in [-0.05, 0) is 31.2 Å². The van der Waals surface area contributed by atoms with Gasteiger partial charge in [0.2, 0.25) is 11.8 Å². The van der Waals surface area contributed by atoms with E-state index in [1.165, 1.54) is 0 Å². The first-order valence-corrected chi connectivity index (χ1v) is 7.07. The zero-order valence-corrected chi connectivity index (χ0v) is 12.3. The molecule has 0 bridgehead atoms. The van der Waals surface area contributed by atoms with Gasteiger partial charge in [-0.3, -0.25) is 4.90 Å². The van der Waals surface area contributed by atoms with Crippen LogP contribution in [-0.4, -0.2) is 48.5 Å². The summed E-state index contributed by atoms with van der Waals surface area (Å²) in [5, 5.41) is 8.32. The molecule has 0 radical (unpaired) electrons. The highest BCUT2D eigenvalue weighted by atomic mass is 16.5. The fourth-order valence-corrected chi connectivity index (χ4v) is 2.37. The Labute approximate surface area is 123 Å². The topological polar surface area (TPSA) is 60.6 Å². The minimum Gasteiger partial charge on any atom is -0.497 e. The predicted octanol–water partition coefficient (Wildman–Crippen LogP) is 2.14. The van der Waals surface area contributed by atoms with Crippen LogP contribution in [0, 0.1) is 0 Å². The molecular weight excluding hydrogens is 270 g/mol. The molecule has 0 amide bonds. The number of hydrogen-bond donors (Lipinski definition) is 0. The molecule has 112 valence electrons. The summed E-state index contributed by atoms with van der Waals surface area (Å²) < 4.78 is 16.3. The van der Waals surface area contributed by atoms with E-state index in [9.17, 15) is 0 Å². The molecule has 0 spiro atoms. The summed E-state index contributed by atoms with van der Waals surface area (Å²) >= 11 is 0. The van der Waals surface area contributed by atoms with Gasteiger partial charge in [0.15, 0.2) is 0 Å². The summed E-state index contributed by atoms with van der Waals surface area (Å²) in [6, 6.07) is 7.69. The van der Waals surface area contributed by atoms with Crippen molar-refractivity contribution in [2.75, 3.05) is 33.4 Å². The van der Waals surface area contributed by atoms with Crippen LogP contribution in [-0.2, 0) is 4.74 Å². The molecule has 0 saturated carbocycles. The number of methoxy groups -OCH3 is 1. The maximum Gasteiger partial charge on any atom is 0.247 e. The smallest absolute Gasteiger partial charge is 0.247 e. The van der Waals surface area contributed by atoms with Crippen LogP contribution in [0.15, 0.2) is 28.7 Å². The van der Waals surface area contributed by atoms with Crippen LogP contribution in [0.3, 0.4) is 0 Å². The number of aromatic nitrogens is 2. The van der Waals surface area contributed by atoms with Crippen LogP contribution in [0.5, 0.6) is 5.75 Å². The van der Waals surface area contributed by atoms with E-state index in [2.05, 4.69) is 22.0 Å². The molecule has 6 heteroatoms. The van der Waals surface area contributed by atoms with E-state index in [-0.39, 0.29) is 6.04 Å². The van der Waals surface area contributed by atoms with Crippen LogP contribution in [0.1, 0.15) is 18.9 Å². The number of benzene rings is 1. The summed E-state index contributed by atoms with van der Waals surface area (Å²) in [4.78, 5) is 2.29. The SMILES string of the molecule is COc1ccc(-c2nnc(C(C)N3CCOCC3)o2)cc1. The monoisotopic (exact) mass is 289 g/mol. The lowest BCUT2D eigenvalue weighted by Gasteiger charge is -2.30. The molecule has 1 fully saturated rings. The molecule has 1 aromatic heterocycles. The first kappa shape index (κ1) is 14.0. The van der Waals surface area contributed by atoms with Crippen molar-refractivity contribution in [1.82, 2.24) is 15.1 Å². The predicted molar refractivity (Wildman–Crippen MR) is 77.1 cm³/mol. The van der Waals surface area contributed by atoms with E-state index in [0.29, 0.717) is 11.8 Å². The second-order valence-electron chi connectivity index (χ2n) is 5.00. The highest BCUT2D eigenvalue weighted by Gasteiger charge is 2.23. The Morgan fingerprint density at radius 2 is 1.86 bits per heavy atom. The maximum absolute atomic E-state index is 5.81. The van der Waals surface area contributed by atoms with E-state index in [1.807, 2.05) is 24.3 Å². The third kappa shape index (κ3) is 3.06. The van der Waals surface area contributed by atoms with Gasteiger partial charge in [-0.2, -0.15) is 0 Å². The van der Waals surface area contributed by atoms with Gasteiger partial charge in [0.1, 0.15) is 5.75 Å². The zero-order valence-electron chi connectivity index (χ0n) is 12.3. The van der Waals surface area contributed by atoms with Crippen LogP contribution in [0.2, 0.25) is 0 Å². The summed E-state index contributed by atoms with van der Waals surface area (Å²) in [5.41, 5.74) is 0.892. The van der Waals surface area contributed by atoms with Gasteiger partial charge < -0.3 is 13.9 Å². The Bertz CT molecular complexity index is 576. The standard InChI is InChI=1S/C15H19N3O3/c1-11(18-7-9-20-10-8-18)14-16-17-15(21-14)12-3-5-13(19-2)6-4-12/h3-6,11H,7-10H2,1-2H3. The van der Waals surface area contributed by atoms with Crippen molar-refractivity contribution in [2.45, 2.75) is 13.0 Å². The first-order chi connectivity index (χ1) is 10.3. The summed E-state index contributed by atoms with van der Waals surface area (Å²) in [5.74, 6) is 1.98. The van der Waals surface area contributed by atoms with Crippen LogP contribution in [0.25, 0.3) is 11.5 Å². The normalized spacial score (nSPS) is 17.6.